The Bertz CT molecular complexity index is 647. The molecule has 0 saturated carbocycles. The topological polar surface area (TPSA) is 80.2 Å². The van der Waals surface area contributed by atoms with Gasteiger partial charge in [0.2, 0.25) is 5.88 Å². The van der Waals surface area contributed by atoms with Gasteiger partial charge < -0.3 is 10.1 Å². The lowest BCUT2D eigenvalue weighted by Gasteiger charge is -2.16. The van der Waals surface area contributed by atoms with Gasteiger partial charge in [-0.05, 0) is 12.0 Å². The molecular formula is C16H19N5O2. The number of ether oxygens (including phenoxy) is 1. The first kappa shape index (κ1) is 15.4. The van der Waals surface area contributed by atoms with Crippen molar-refractivity contribution >= 4 is 5.91 Å². The molecule has 2 aromatic heterocycles. The number of nitrogens with zero attached hydrogens (tertiary/aromatic N) is 4. The number of hydrogen-bond donors (Lipinski definition) is 1. The summed E-state index contributed by atoms with van der Waals surface area (Å²) in [6.07, 6.45) is 7.30. The van der Waals surface area contributed by atoms with Crippen LogP contribution in [0, 0.1) is 0 Å². The third kappa shape index (κ3) is 4.01. The van der Waals surface area contributed by atoms with E-state index in [0.29, 0.717) is 11.6 Å². The van der Waals surface area contributed by atoms with Crippen molar-refractivity contribution in [2.75, 3.05) is 20.2 Å². The van der Waals surface area contributed by atoms with E-state index in [-0.39, 0.29) is 11.9 Å². The van der Waals surface area contributed by atoms with Crippen molar-refractivity contribution < 1.29 is 9.53 Å². The molecule has 1 aliphatic rings. The predicted molar refractivity (Wildman–Crippen MR) is 84.0 cm³/mol. The van der Waals surface area contributed by atoms with Gasteiger partial charge >= 0.3 is 0 Å². The SMILES string of the molecule is COc1ccc(CN2CCC(NC(=O)c3cnccn3)C2)cn1. The summed E-state index contributed by atoms with van der Waals surface area (Å²) >= 11 is 0. The number of nitrogens with one attached hydrogen (secondary N) is 1. The van der Waals surface area contributed by atoms with E-state index in [1.165, 1.54) is 12.4 Å². The van der Waals surface area contributed by atoms with E-state index < -0.39 is 0 Å². The van der Waals surface area contributed by atoms with Gasteiger partial charge in [0, 0.05) is 50.3 Å². The molecule has 120 valence electrons. The van der Waals surface area contributed by atoms with Gasteiger partial charge in [0.1, 0.15) is 5.69 Å². The molecular weight excluding hydrogens is 294 g/mol. The molecule has 1 fully saturated rings. The van der Waals surface area contributed by atoms with Crippen molar-refractivity contribution in [3.05, 3.63) is 48.2 Å². The first-order chi connectivity index (χ1) is 11.2. The molecule has 1 amide bonds. The number of carbonyl (C=O) groups is 1. The van der Waals surface area contributed by atoms with Gasteiger partial charge in [0.15, 0.2) is 0 Å². The van der Waals surface area contributed by atoms with E-state index in [9.17, 15) is 4.79 Å². The Balaban J connectivity index is 1.51. The van der Waals surface area contributed by atoms with Crippen molar-refractivity contribution in [3.63, 3.8) is 0 Å². The van der Waals surface area contributed by atoms with Gasteiger partial charge in [-0.1, -0.05) is 6.07 Å². The molecule has 1 saturated heterocycles. The minimum atomic E-state index is -0.170. The lowest BCUT2D eigenvalue weighted by atomic mass is 10.2. The van der Waals surface area contributed by atoms with Crippen molar-refractivity contribution in [2.45, 2.75) is 19.0 Å². The predicted octanol–water partition coefficient (Wildman–Crippen LogP) is 0.884. The zero-order valence-electron chi connectivity index (χ0n) is 13.0. The summed E-state index contributed by atoms with van der Waals surface area (Å²) in [7, 11) is 1.60. The van der Waals surface area contributed by atoms with Crippen LogP contribution in [0.4, 0.5) is 0 Å². The van der Waals surface area contributed by atoms with Crippen LogP contribution in [0.25, 0.3) is 0 Å². The van der Waals surface area contributed by atoms with Crippen LogP contribution in [0.2, 0.25) is 0 Å². The minimum Gasteiger partial charge on any atom is -0.481 e. The molecule has 1 unspecified atom stereocenters. The Labute approximate surface area is 134 Å². The molecule has 7 nitrogen and oxygen atoms in total. The zero-order valence-corrected chi connectivity index (χ0v) is 13.0. The minimum absolute atomic E-state index is 0.135. The van der Waals surface area contributed by atoms with Crippen LogP contribution in [0.15, 0.2) is 36.9 Å². The Morgan fingerprint density at radius 1 is 1.35 bits per heavy atom. The maximum absolute atomic E-state index is 12.1. The monoisotopic (exact) mass is 313 g/mol. The number of pyridine rings is 1. The molecule has 2 aromatic rings. The summed E-state index contributed by atoms with van der Waals surface area (Å²) in [5.41, 5.74) is 1.48. The Morgan fingerprint density at radius 2 is 2.26 bits per heavy atom. The quantitative estimate of drug-likeness (QED) is 0.883. The van der Waals surface area contributed by atoms with E-state index in [4.69, 9.17) is 4.74 Å². The number of methoxy groups -OCH3 is 1. The van der Waals surface area contributed by atoms with Crippen LogP contribution in [0.5, 0.6) is 5.88 Å². The van der Waals surface area contributed by atoms with Crippen molar-refractivity contribution in [2.24, 2.45) is 0 Å². The average Bonchev–Trinajstić information content (AvgIpc) is 3.03. The number of aromatic nitrogens is 3. The molecule has 0 aliphatic carbocycles. The summed E-state index contributed by atoms with van der Waals surface area (Å²) in [6, 6.07) is 4.01. The molecule has 0 radical (unpaired) electrons. The Hall–Kier alpha value is -2.54. The Kier molecular flexibility index (Phi) is 4.77. The van der Waals surface area contributed by atoms with Gasteiger partial charge in [-0.3, -0.25) is 14.7 Å². The molecule has 1 N–H and O–H groups in total. The summed E-state index contributed by atoms with van der Waals surface area (Å²) in [6.45, 7) is 2.57. The fourth-order valence-electron chi connectivity index (χ4n) is 2.65. The van der Waals surface area contributed by atoms with E-state index in [2.05, 4.69) is 25.2 Å². The highest BCUT2D eigenvalue weighted by atomic mass is 16.5. The highest BCUT2D eigenvalue weighted by Gasteiger charge is 2.24. The maximum atomic E-state index is 12.1. The lowest BCUT2D eigenvalue weighted by Crippen LogP contribution is -2.37. The third-order valence-corrected chi connectivity index (χ3v) is 3.82. The van der Waals surface area contributed by atoms with Gasteiger partial charge in [-0.2, -0.15) is 0 Å². The number of amides is 1. The fraction of sp³-hybridized carbons (Fsp3) is 0.375. The normalized spacial score (nSPS) is 17.9. The smallest absolute Gasteiger partial charge is 0.271 e. The average molecular weight is 313 g/mol. The summed E-state index contributed by atoms with van der Waals surface area (Å²) < 4.78 is 5.06. The number of rotatable bonds is 5. The second kappa shape index (κ2) is 7.15. The van der Waals surface area contributed by atoms with Crippen molar-refractivity contribution in [1.29, 1.82) is 0 Å². The molecule has 3 rings (SSSR count). The van der Waals surface area contributed by atoms with Gasteiger partial charge in [0.05, 0.1) is 13.3 Å². The number of hydrogen-bond acceptors (Lipinski definition) is 6. The van der Waals surface area contributed by atoms with Crippen molar-refractivity contribution in [3.8, 4) is 5.88 Å². The third-order valence-electron chi connectivity index (χ3n) is 3.82. The van der Waals surface area contributed by atoms with Crippen LogP contribution in [-0.2, 0) is 6.54 Å². The summed E-state index contributed by atoms with van der Waals surface area (Å²) in [5, 5.41) is 3.01. The summed E-state index contributed by atoms with van der Waals surface area (Å²) in [4.78, 5) is 26.5. The second-order valence-corrected chi connectivity index (χ2v) is 5.49. The Morgan fingerprint density at radius 3 is 2.96 bits per heavy atom. The molecule has 0 bridgehead atoms. The second-order valence-electron chi connectivity index (χ2n) is 5.49. The van der Waals surface area contributed by atoms with Crippen LogP contribution in [0.1, 0.15) is 22.5 Å². The maximum Gasteiger partial charge on any atom is 0.271 e. The number of carbonyl (C=O) groups excluding carboxylic acids is 1. The molecule has 1 aliphatic heterocycles. The molecule has 0 aromatic carbocycles. The van der Waals surface area contributed by atoms with Crippen LogP contribution >= 0.6 is 0 Å². The first-order valence-corrected chi connectivity index (χ1v) is 7.53. The molecule has 23 heavy (non-hydrogen) atoms. The molecule has 1 atom stereocenters. The van der Waals surface area contributed by atoms with E-state index in [1.54, 1.807) is 13.3 Å². The largest absolute Gasteiger partial charge is 0.481 e. The van der Waals surface area contributed by atoms with Gasteiger partial charge in [-0.25, -0.2) is 9.97 Å². The summed E-state index contributed by atoms with van der Waals surface area (Å²) in [5.74, 6) is 0.445. The van der Waals surface area contributed by atoms with E-state index in [1.807, 2.05) is 18.3 Å². The highest BCUT2D eigenvalue weighted by Crippen LogP contribution is 2.15. The lowest BCUT2D eigenvalue weighted by molar-refractivity contribution is 0.0932. The van der Waals surface area contributed by atoms with Crippen LogP contribution < -0.4 is 10.1 Å². The van der Waals surface area contributed by atoms with Gasteiger partial charge in [0.25, 0.3) is 5.91 Å². The van der Waals surface area contributed by atoms with E-state index >= 15 is 0 Å². The molecule has 0 spiro atoms. The zero-order chi connectivity index (χ0) is 16.1. The highest BCUT2D eigenvalue weighted by molar-refractivity contribution is 5.92. The van der Waals surface area contributed by atoms with Crippen LogP contribution in [0.3, 0.4) is 0 Å². The fourth-order valence-corrected chi connectivity index (χ4v) is 2.65. The van der Waals surface area contributed by atoms with Crippen LogP contribution in [-0.4, -0.2) is 52.0 Å². The molecule has 3 heterocycles. The molecule has 7 heteroatoms. The first-order valence-electron chi connectivity index (χ1n) is 7.53. The van der Waals surface area contributed by atoms with Gasteiger partial charge in [-0.15, -0.1) is 0 Å². The number of likely N-dealkylation sites (tertiary alicyclic amines) is 1. The van der Waals surface area contributed by atoms with E-state index in [0.717, 1.165) is 31.6 Å². The van der Waals surface area contributed by atoms with Crippen molar-refractivity contribution in [1.82, 2.24) is 25.2 Å². The standard InChI is InChI=1S/C16H19N5O2/c1-23-15-3-2-12(8-19-15)10-21-7-4-13(11-21)20-16(22)14-9-17-5-6-18-14/h2-3,5-6,8-9,13H,4,7,10-11H2,1H3,(H,20,22).